The maximum Gasteiger partial charge on any atom is 0.335 e. The van der Waals surface area contributed by atoms with Crippen molar-refractivity contribution < 1.29 is 9.90 Å². The van der Waals surface area contributed by atoms with Crippen molar-refractivity contribution in [1.29, 1.82) is 0 Å². The van der Waals surface area contributed by atoms with Crippen LogP contribution in [0.4, 0.5) is 0 Å². The van der Waals surface area contributed by atoms with E-state index in [0.29, 0.717) is 11.3 Å². The second-order valence-electron chi connectivity index (χ2n) is 6.13. The van der Waals surface area contributed by atoms with E-state index < -0.39 is 23.0 Å². The van der Waals surface area contributed by atoms with Crippen LogP contribution in [-0.4, -0.2) is 26.8 Å². The minimum atomic E-state index is -0.818. The van der Waals surface area contributed by atoms with Crippen LogP contribution in [0.25, 0.3) is 5.69 Å². The van der Waals surface area contributed by atoms with Gasteiger partial charge in [-0.3, -0.25) is 14.6 Å². The molecule has 3 N–H and O–H groups in total. The highest BCUT2D eigenvalue weighted by Gasteiger charge is 2.15. The maximum atomic E-state index is 12.2. The zero-order chi connectivity index (χ0) is 20.3. The zero-order valence-corrected chi connectivity index (χ0v) is 15.3. The Hall–Kier alpha value is -3.94. The van der Waals surface area contributed by atoms with E-state index in [1.165, 1.54) is 0 Å². The molecule has 1 amide bonds. The van der Waals surface area contributed by atoms with Gasteiger partial charge in [-0.15, -0.1) is 0 Å². The molecule has 0 aliphatic heterocycles. The normalized spacial score (nSPS) is 10.9. The number of carbonyl (C=O) groups excluding carboxylic acids is 1. The monoisotopic (exact) mass is 378 g/mol. The van der Waals surface area contributed by atoms with Crippen LogP contribution in [0.1, 0.15) is 27.0 Å². The third kappa shape index (κ3) is 3.61. The largest absolute Gasteiger partial charge is 0.493 e. The molecule has 0 saturated carbocycles. The summed E-state index contributed by atoms with van der Waals surface area (Å²) in [5, 5.41) is 14.2. The number of aromatic hydroxyl groups is 1. The summed E-state index contributed by atoms with van der Waals surface area (Å²) in [7, 11) is 0. The van der Waals surface area contributed by atoms with Crippen molar-refractivity contribution >= 4 is 12.1 Å². The van der Waals surface area contributed by atoms with Crippen LogP contribution in [0.5, 0.6) is 5.88 Å². The van der Waals surface area contributed by atoms with Gasteiger partial charge in [0.2, 0.25) is 5.88 Å². The molecule has 8 heteroatoms. The standard InChI is InChI=1S/C20H18N4O4/c1-12-7-3-5-9-14(12)18(26)23-21-11-15-17(25)22-20(28)24(19(15)27)16-10-6-4-8-13(16)2/h3-11,27H,1-2H3,(H,23,26)(H,22,25,28). The number of nitrogens with zero attached hydrogens (tertiary/aromatic N) is 2. The second-order valence-corrected chi connectivity index (χ2v) is 6.13. The summed E-state index contributed by atoms with van der Waals surface area (Å²) in [6.07, 6.45) is 0.999. The summed E-state index contributed by atoms with van der Waals surface area (Å²) < 4.78 is 0.973. The minimum absolute atomic E-state index is 0.257. The van der Waals surface area contributed by atoms with Gasteiger partial charge in [0.1, 0.15) is 5.56 Å². The van der Waals surface area contributed by atoms with Crippen molar-refractivity contribution in [2.75, 3.05) is 0 Å². The molecule has 3 aromatic rings. The van der Waals surface area contributed by atoms with E-state index in [1.807, 2.05) is 6.07 Å². The Labute approximate surface area is 159 Å². The fourth-order valence-corrected chi connectivity index (χ4v) is 2.74. The molecule has 0 atom stereocenters. The average Bonchev–Trinajstić information content (AvgIpc) is 2.66. The van der Waals surface area contributed by atoms with Gasteiger partial charge in [-0.2, -0.15) is 5.10 Å². The predicted octanol–water partition coefficient (Wildman–Crippen LogP) is 1.61. The van der Waals surface area contributed by atoms with Crippen LogP contribution in [-0.2, 0) is 0 Å². The maximum absolute atomic E-state index is 12.2. The number of aromatic nitrogens is 2. The molecule has 0 radical (unpaired) electrons. The van der Waals surface area contributed by atoms with Gasteiger partial charge >= 0.3 is 5.69 Å². The van der Waals surface area contributed by atoms with Crippen LogP contribution in [0.3, 0.4) is 0 Å². The number of benzene rings is 2. The summed E-state index contributed by atoms with van der Waals surface area (Å²) >= 11 is 0. The lowest BCUT2D eigenvalue weighted by molar-refractivity contribution is 0.0954. The van der Waals surface area contributed by atoms with E-state index in [-0.39, 0.29) is 5.56 Å². The van der Waals surface area contributed by atoms with Crippen LogP contribution in [0, 0.1) is 13.8 Å². The van der Waals surface area contributed by atoms with Gasteiger partial charge < -0.3 is 5.11 Å². The van der Waals surface area contributed by atoms with Crippen LogP contribution in [0.15, 0.2) is 63.2 Å². The molecular formula is C20H18N4O4. The number of hydrazone groups is 1. The molecule has 1 heterocycles. The van der Waals surface area contributed by atoms with Crippen LogP contribution in [0.2, 0.25) is 0 Å². The molecule has 0 aliphatic rings. The third-order valence-electron chi connectivity index (χ3n) is 4.23. The van der Waals surface area contributed by atoms with E-state index in [2.05, 4.69) is 15.5 Å². The Morgan fingerprint density at radius 1 is 1.07 bits per heavy atom. The van der Waals surface area contributed by atoms with Gasteiger partial charge in [0.25, 0.3) is 11.5 Å². The van der Waals surface area contributed by atoms with Gasteiger partial charge in [-0.05, 0) is 37.1 Å². The second kappa shape index (κ2) is 7.75. The third-order valence-corrected chi connectivity index (χ3v) is 4.23. The number of carbonyl (C=O) groups is 1. The molecule has 0 fully saturated rings. The Kier molecular flexibility index (Phi) is 5.21. The van der Waals surface area contributed by atoms with Gasteiger partial charge in [0, 0.05) is 5.56 Å². The lowest BCUT2D eigenvalue weighted by atomic mass is 10.1. The van der Waals surface area contributed by atoms with Gasteiger partial charge in [0.05, 0.1) is 11.9 Å². The highest BCUT2D eigenvalue weighted by molar-refractivity contribution is 5.96. The highest BCUT2D eigenvalue weighted by Crippen LogP contribution is 2.18. The Balaban J connectivity index is 1.96. The summed E-state index contributed by atoms with van der Waals surface area (Å²) in [5.74, 6) is -1.03. The first-order valence-corrected chi connectivity index (χ1v) is 8.43. The fourth-order valence-electron chi connectivity index (χ4n) is 2.74. The van der Waals surface area contributed by atoms with E-state index in [1.54, 1.807) is 56.3 Å². The highest BCUT2D eigenvalue weighted by atomic mass is 16.3. The first-order valence-electron chi connectivity index (χ1n) is 8.43. The van der Waals surface area contributed by atoms with Crippen molar-refractivity contribution in [2.24, 2.45) is 5.10 Å². The number of aryl methyl sites for hydroxylation is 2. The topological polar surface area (TPSA) is 117 Å². The molecule has 0 unspecified atom stereocenters. The molecule has 8 nitrogen and oxygen atoms in total. The molecule has 2 aromatic carbocycles. The summed E-state index contributed by atoms with van der Waals surface area (Å²) in [6.45, 7) is 3.55. The van der Waals surface area contributed by atoms with E-state index in [0.717, 1.165) is 21.9 Å². The molecule has 0 bridgehead atoms. The quantitative estimate of drug-likeness (QED) is 0.472. The Morgan fingerprint density at radius 2 is 1.71 bits per heavy atom. The molecule has 3 rings (SSSR count). The number of hydrogen-bond acceptors (Lipinski definition) is 5. The van der Waals surface area contributed by atoms with Crippen molar-refractivity contribution in [3.63, 3.8) is 0 Å². The van der Waals surface area contributed by atoms with Gasteiger partial charge in [-0.1, -0.05) is 36.4 Å². The van der Waals surface area contributed by atoms with Crippen molar-refractivity contribution in [3.05, 3.63) is 91.6 Å². The zero-order valence-electron chi connectivity index (χ0n) is 15.3. The molecule has 142 valence electrons. The molecule has 0 spiro atoms. The number of amides is 1. The SMILES string of the molecule is Cc1ccccc1C(=O)NN=Cc1c(O)n(-c2ccccc2C)c(=O)[nH]c1=O. The molecule has 1 aromatic heterocycles. The Bertz CT molecular complexity index is 1190. The average molecular weight is 378 g/mol. The predicted molar refractivity (Wildman–Crippen MR) is 105 cm³/mol. The first kappa shape index (κ1) is 18.8. The molecule has 0 aliphatic carbocycles. The number of aromatic amines is 1. The molecular weight excluding hydrogens is 360 g/mol. The van der Waals surface area contributed by atoms with Crippen molar-refractivity contribution in [1.82, 2.24) is 15.0 Å². The fraction of sp³-hybridized carbons (Fsp3) is 0.100. The smallest absolute Gasteiger partial charge is 0.335 e. The summed E-state index contributed by atoms with van der Waals surface area (Å²) in [4.78, 5) is 38.6. The van der Waals surface area contributed by atoms with Crippen molar-refractivity contribution in [2.45, 2.75) is 13.8 Å². The van der Waals surface area contributed by atoms with E-state index in [9.17, 15) is 19.5 Å². The lowest BCUT2D eigenvalue weighted by Gasteiger charge is -2.11. The lowest BCUT2D eigenvalue weighted by Crippen LogP contribution is -2.32. The van der Waals surface area contributed by atoms with E-state index >= 15 is 0 Å². The number of H-pyrrole nitrogens is 1. The Morgan fingerprint density at radius 3 is 2.39 bits per heavy atom. The van der Waals surface area contributed by atoms with Crippen LogP contribution < -0.4 is 16.7 Å². The number of nitrogens with one attached hydrogen (secondary N) is 2. The number of rotatable bonds is 4. The number of hydrogen-bond donors (Lipinski definition) is 3. The molecule has 0 saturated heterocycles. The van der Waals surface area contributed by atoms with Gasteiger partial charge in [-0.25, -0.2) is 14.8 Å². The van der Waals surface area contributed by atoms with E-state index in [4.69, 9.17) is 0 Å². The number of para-hydroxylation sites is 1. The molecule has 28 heavy (non-hydrogen) atoms. The summed E-state index contributed by atoms with van der Waals surface area (Å²) in [5.41, 5.74) is 2.79. The first-order chi connectivity index (χ1) is 13.4. The van der Waals surface area contributed by atoms with Crippen LogP contribution >= 0.6 is 0 Å². The minimum Gasteiger partial charge on any atom is -0.493 e. The van der Waals surface area contributed by atoms with Crippen molar-refractivity contribution in [3.8, 4) is 11.6 Å². The van der Waals surface area contributed by atoms with Gasteiger partial charge in [0.15, 0.2) is 0 Å². The summed E-state index contributed by atoms with van der Waals surface area (Å²) in [6, 6.07) is 13.8.